The fraction of sp³-hybridized carbons (Fsp3) is 0.500. The zero-order valence-corrected chi connectivity index (χ0v) is 12.8. The van der Waals surface area contributed by atoms with E-state index in [9.17, 15) is 15.0 Å². The van der Waals surface area contributed by atoms with Gasteiger partial charge in [0.2, 0.25) is 0 Å². The number of anilines is 1. The fourth-order valence-corrected chi connectivity index (χ4v) is 2.97. The Kier molecular flexibility index (Phi) is 4.20. The standard InChI is InChI=1S/C14H18N6O3/c1-19-11(7-21)17-18-12(19)9-3-2-4-20(6-9)13-10(14(22)23)5-15-8-16-13/h5,8-9,21H,2-4,6-7H2,1H3,(H,22,23)/t9-/m1/s1. The number of hydrogen-bond donors (Lipinski definition) is 2. The second-order valence-corrected chi connectivity index (χ2v) is 5.54. The lowest BCUT2D eigenvalue weighted by Crippen LogP contribution is -2.37. The average molecular weight is 318 g/mol. The van der Waals surface area contributed by atoms with E-state index in [-0.39, 0.29) is 18.1 Å². The van der Waals surface area contributed by atoms with Gasteiger partial charge in [-0.15, -0.1) is 10.2 Å². The van der Waals surface area contributed by atoms with E-state index in [4.69, 9.17) is 0 Å². The average Bonchev–Trinajstić information content (AvgIpc) is 2.95. The molecule has 0 saturated carbocycles. The summed E-state index contributed by atoms with van der Waals surface area (Å²) in [7, 11) is 1.83. The first-order valence-corrected chi connectivity index (χ1v) is 7.39. The zero-order valence-electron chi connectivity index (χ0n) is 12.8. The number of piperidine rings is 1. The van der Waals surface area contributed by atoms with Gasteiger partial charge in [0.15, 0.2) is 5.82 Å². The van der Waals surface area contributed by atoms with Gasteiger partial charge in [-0.2, -0.15) is 0 Å². The van der Waals surface area contributed by atoms with E-state index >= 15 is 0 Å². The molecule has 0 aliphatic carbocycles. The minimum Gasteiger partial charge on any atom is -0.477 e. The van der Waals surface area contributed by atoms with E-state index in [1.807, 2.05) is 11.9 Å². The molecule has 0 aromatic carbocycles. The molecule has 23 heavy (non-hydrogen) atoms. The molecule has 9 heteroatoms. The SMILES string of the molecule is Cn1c(CO)nnc1[C@@H]1CCCN(c2ncncc2C(=O)O)C1. The third-order valence-electron chi connectivity index (χ3n) is 4.15. The Morgan fingerprint density at radius 3 is 2.96 bits per heavy atom. The smallest absolute Gasteiger partial charge is 0.341 e. The van der Waals surface area contributed by atoms with E-state index in [0.717, 1.165) is 25.2 Å². The summed E-state index contributed by atoms with van der Waals surface area (Å²) in [5.74, 6) is 0.818. The molecule has 122 valence electrons. The minimum atomic E-state index is -1.04. The van der Waals surface area contributed by atoms with E-state index in [1.54, 1.807) is 4.57 Å². The van der Waals surface area contributed by atoms with Gasteiger partial charge in [-0.05, 0) is 12.8 Å². The third-order valence-corrected chi connectivity index (χ3v) is 4.15. The van der Waals surface area contributed by atoms with Crippen LogP contribution in [0.1, 0.15) is 40.8 Å². The van der Waals surface area contributed by atoms with Crippen molar-refractivity contribution in [3.05, 3.63) is 29.7 Å². The van der Waals surface area contributed by atoms with Gasteiger partial charge >= 0.3 is 5.97 Å². The first-order valence-electron chi connectivity index (χ1n) is 7.39. The van der Waals surface area contributed by atoms with Crippen LogP contribution in [-0.2, 0) is 13.7 Å². The monoisotopic (exact) mass is 318 g/mol. The number of nitrogens with zero attached hydrogens (tertiary/aromatic N) is 6. The van der Waals surface area contributed by atoms with Crippen molar-refractivity contribution in [3.8, 4) is 0 Å². The maximum Gasteiger partial charge on any atom is 0.341 e. The molecule has 0 bridgehead atoms. The number of aromatic nitrogens is 5. The van der Waals surface area contributed by atoms with Crippen molar-refractivity contribution >= 4 is 11.8 Å². The van der Waals surface area contributed by atoms with Crippen molar-refractivity contribution in [1.82, 2.24) is 24.7 Å². The van der Waals surface area contributed by atoms with Gasteiger partial charge < -0.3 is 19.7 Å². The molecule has 1 atom stereocenters. The second kappa shape index (κ2) is 6.29. The van der Waals surface area contributed by atoms with Crippen LogP contribution in [0.5, 0.6) is 0 Å². The van der Waals surface area contributed by atoms with Gasteiger partial charge in [0.1, 0.15) is 30.1 Å². The van der Waals surface area contributed by atoms with Gasteiger partial charge in [0.25, 0.3) is 0 Å². The molecule has 2 aromatic rings. The molecule has 0 unspecified atom stereocenters. The number of aliphatic hydroxyl groups excluding tert-OH is 1. The lowest BCUT2D eigenvalue weighted by molar-refractivity contribution is 0.0696. The van der Waals surface area contributed by atoms with Gasteiger partial charge in [0.05, 0.1) is 0 Å². The second-order valence-electron chi connectivity index (χ2n) is 5.54. The van der Waals surface area contributed by atoms with Crippen LogP contribution in [0.3, 0.4) is 0 Å². The van der Waals surface area contributed by atoms with Crippen molar-refractivity contribution in [3.63, 3.8) is 0 Å². The quantitative estimate of drug-likeness (QED) is 0.820. The van der Waals surface area contributed by atoms with E-state index in [1.165, 1.54) is 12.5 Å². The Bertz CT molecular complexity index is 716. The number of aliphatic hydroxyl groups is 1. The Morgan fingerprint density at radius 2 is 2.26 bits per heavy atom. The van der Waals surface area contributed by atoms with Crippen LogP contribution in [-0.4, -0.2) is 54.0 Å². The Balaban J connectivity index is 1.87. The summed E-state index contributed by atoms with van der Waals surface area (Å²) in [6.07, 6.45) is 4.51. The number of carboxylic acids is 1. The molecule has 1 aliphatic rings. The summed E-state index contributed by atoms with van der Waals surface area (Å²) in [6, 6.07) is 0. The van der Waals surface area contributed by atoms with Crippen molar-refractivity contribution in [2.24, 2.45) is 7.05 Å². The molecule has 3 heterocycles. The zero-order chi connectivity index (χ0) is 16.4. The fourth-order valence-electron chi connectivity index (χ4n) is 2.97. The van der Waals surface area contributed by atoms with Crippen LogP contribution < -0.4 is 4.90 Å². The van der Waals surface area contributed by atoms with Crippen LogP contribution in [0.4, 0.5) is 5.82 Å². The van der Waals surface area contributed by atoms with Gasteiger partial charge in [0, 0.05) is 32.3 Å². The summed E-state index contributed by atoms with van der Waals surface area (Å²) in [6.45, 7) is 1.18. The van der Waals surface area contributed by atoms with Crippen molar-refractivity contribution in [2.75, 3.05) is 18.0 Å². The number of carbonyl (C=O) groups is 1. The number of hydrogen-bond acceptors (Lipinski definition) is 7. The predicted octanol–water partition coefficient (Wildman–Crippen LogP) is 0.180. The highest BCUT2D eigenvalue weighted by Crippen LogP contribution is 2.29. The van der Waals surface area contributed by atoms with Crippen LogP contribution in [0.25, 0.3) is 0 Å². The van der Waals surface area contributed by atoms with E-state index < -0.39 is 5.97 Å². The van der Waals surface area contributed by atoms with Crippen molar-refractivity contribution in [1.29, 1.82) is 0 Å². The molecular formula is C14H18N6O3. The highest BCUT2D eigenvalue weighted by molar-refractivity contribution is 5.92. The topological polar surface area (TPSA) is 117 Å². The molecule has 0 amide bonds. The van der Waals surface area contributed by atoms with Crippen LogP contribution in [0.2, 0.25) is 0 Å². The van der Waals surface area contributed by atoms with Gasteiger partial charge in [-0.25, -0.2) is 14.8 Å². The minimum absolute atomic E-state index is 0.0992. The molecule has 1 aliphatic heterocycles. The Labute approximate surface area is 132 Å². The van der Waals surface area contributed by atoms with Crippen LogP contribution >= 0.6 is 0 Å². The molecule has 3 rings (SSSR count). The summed E-state index contributed by atoms with van der Waals surface area (Å²) in [5, 5.41) is 26.7. The van der Waals surface area contributed by atoms with Crippen LogP contribution in [0.15, 0.2) is 12.5 Å². The lowest BCUT2D eigenvalue weighted by Gasteiger charge is -2.33. The first kappa shape index (κ1) is 15.3. The maximum atomic E-state index is 11.4. The summed E-state index contributed by atoms with van der Waals surface area (Å²) < 4.78 is 1.80. The Morgan fingerprint density at radius 1 is 1.43 bits per heavy atom. The largest absolute Gasteiger partial charge is 0.477 e. The molecule has 1 saturated heterocycles. The molecule has 0 radical (unpaired) electrons. The molecule has 2 aromatic heterocycles. The first-order chi connectivity index (χ1) is 11.1. The highest BCUT2D eigenvalue weighted by atomic mass is 16.4. The van der Waals surface area contributed by atoms with Crippen molar-refractivity contribution in [2.45, 2.75) is 25.4 Å². The maximum absolute atomic E-state index is 11.4. The van der Waals surface area contributed by atoms with Crippen LogP contribution in [0, 0.1) is 0 Å². The van der Waals surface area contributed by atoms with E-state index in [0.29, 0.717) is 18.2 Å². The predicted molar refractivity (Wildman–Crippen MR) is 80.1 cm³/mol. The molecule has 2 N–H and O–H groups in total. The third kappa shape index (κ3) is 2.87. The summed E-state index contributed by atoms with van der Waals surface area (Å²) in [5.41, 5.74) is 0.0992. The number of carboxylic acid groups (broad SMARTS) is 1. The molecule has 9 nitrogen and oxygen atoms in total. The molecule has 0 spiro atoms. The number of aromatic carboxylic acids is 1. The van der Waals surface area contributed by atoms with Gasteiger partial charge in [-0.1, -0.05) is 0 Å². The van der Waals surface area contributed by atoms with Gasteiger partial charge in [-0.3, -0.25) is 0 Å². The lowest BCUT2D eigenvalue weighted by atomic mass is 9.97. The number of rotatable bonds is 4. The van der Waals surface area contributed by atoms with E-state index in [2.05, 4.69) is 20.2 Å². The highest BCUT2D eigenvalue weighted by Gasteiger charge is 2.28. The molecular weight excluding hydrogens is 300 g/mol. The normalized spacial score (nSPS) is 18.2. The molecule has 1 fully saturated rings. The summed E-state index contributed by atoms with van der Waals surface area (Å²) >= 11 is 0. The Hall–Kier alpha value is -2.55. The van der Waals surface area contributed by atoms with Crippen molar-refractivity contribution < 1.29 is 15.0 Å². The summed E-state index contributed by atoms with van der Waals surface area (Å²) in [4.78, 5) is 21.2.